The molecule has 3 amide bonds. The predicted octanol–water partition coefficient (Wildman–Crippen LogP) is 4.29. The van der Waals surface area contributed by atoms with E-state index < -0.39 is 29.8 Å². The number of aromatic nitrogens is 2. The first-order valence-corrected chi connectivity index (χ1v) is 20.5. The van der Waals surface area contributed by atoms with Crippen molar-refractivity contribution in [1.29, 1.82) is 5.26 Å². The van der Waals surface area contributed by atoms with Crippen LogP contribution in [0.4, 0.5) is 15.9 Å². The Labute approximate surface area is 336 Å². The van der Waals surface area contributed by atoms with Crippen molar-refractivity contribution in [2.75, 3.05) is 62.2 Å². The Kier molecular flexibility index (Phi) is 10.5. The number of carbonyl (C=O) groups is 3. The summed E-state index contributed by atoms with van der Waals surface area (Å²) in [6.45, 7) is 6.54. The number of nitrogens with two attached hydrogens (primary N) is 1. The molecule has 1 aromatic heterocycles. The number of rotatable bonds is 9. The first-order valence-electron chi connectivity index (χ1n) is 20.5. The number of anilines is 2. The van der Waals surface area contributed by atoms with Gasteiger partial charge in [0.25, 0.3) is 17.7 Å². The summed E-state index contributed by atoms with van der Waals surface area (Å²) in [7, 11) is 0. The zero-order valence-electron chi connectivity index (χ0n) is 32.4. The van der Waals surface area contributed by atoms with E-state index in [4.69, 9.17) is 25.4 Å². The molecular weight excluding hydrogens is 746 g/mol. The SMILES string of the molecule is N#Cc1ccc(OC2CCC(N3OCCC(N4C(=O)c5cc(F)c(N6CC7(CCN(CC8CCN(c9ccc(C(N)=O)nn9)CC8)CC7)C6)cc5C4=O)O3)CC2)cc1. The molecule has 6 heterocycles. The highest BCUT2D eigenvalue weighted by Crippen LogP contribution is 2.45. The molecule has 5 aliphatic heterocycles. The maximum absolute atomic E-state index is 15.7. The van der Waals surface area contributed by atoms with Gasteiger partial charge in [0, 0.05) is 44.6 Å². The molecule has 4 saturated heterocycles. The lowest BCUT2D eigenvalue weighted by Gasteiger charge is -2.55. The number of primary amides is 1. The average Bonchev–Trinajstić information content (AvgIpc) is 3.48. The molecule has 1 saturated carbocycles. The number of hydrogen-bond acceptors (Lipinski definition) is 13. The summed E-state index contributed by atoms with van der Waals surface area (Å²) in [5, 5.41) is 18.6. The van der Waals surface area contributed by atoms with E-state index in [1.54, 1.807) is 36.4 Å². The number of hydrogen-bond donors (Lipinski definition) is 1. The number of piperidine rings is 2. The summed E-state index contributed by atoms with van der Waals surface area (Å²) in [5.74, 6) is -0.0226. The maximum Gasteiger partial charge on any atom is 0.269 e. The standard InChI is InChI=1S/C42H48FN9O6/c43-34-21-32-33(41(55)51(40(32)54)38-13-20-56-52(58-38)29-3-7-31(8-4-29)57-30-5-1-27(23-44)2-6-30)22-36(34)50-25-42(26-50)14-18-48(19-15-42)24-28-11-16-49(17-12-28)37-10-9-35(39(45)53)46-47-37/h1-2,5-6,9-10,21-22,28-29,31,38H,3-4,7-8,11-20,24-26H2,(H2,45,53). The maximum atomic E-state index is 15.7. The van der Waals surface area contributed by atoms with Crippen LogP contribution in [-0.4, -0.2) is 114 Å². The molecule has 1 unspecified atom stereocenters. The normalized spacial score (nSPS) is 25.4. The van der Waals surface area contributed by atoms with Crippen molar-refractivity contribution in [3.63, 3.8) is 0 Å². The molecule has 2 N–H and O–H groups in total. The van der Waals surface area contributed by atoms with E-state index in [0.717, 1.165) is 114 Å². The summed E-state index contributed by atoms with van der Waals surface area (Å²) in [6, 6.07) is 15.3. The van der Waals surface area contributed by atoms with Crippen LogP contribution in [0.1, 0.15) is 94.6 Å². The number of nitrogens with zero attached hydrogens (tertiary/aromatic N) is 8. The third-order valence-corrected chi connectivity index (χ3v) is 13.0. The Morgan fingerprint density at radius 3 is 2.26 bits per heavy atom. The largest absolute Gasteiger partial charge is 0.490 e. The molecule has 304 valence electrons. The van der Waals surface area contributed by atoms with Gasteiger partial charge < -0.3 is 25.2 Å². The minimum atomic E-state index is -0.860. The predicted molar refractivity (Wildman–Crippen MR) is 208 cm³/mol. The summed E-state index contributed by atoms with van der Waals surface area (Å²) < 4.78 is 21.8. The van der Waals surface area contributed by atoms with E-state index >= 15 is 4.39 Å². The summed E-state index contributed by atoms with van der Waals surface area (Å²) in [6.07, 6.45) is 6.63. The lowest BCUT2D eigenvalue weighted by Crippen LogP contribution is -2.61. The van der Waals surface area contributed by atoms with Gasteiger partial charge in [-0.15, -0.1) is 10.2 Å². The number of halogens is 1. The van der Waals surface area contributed by atoms with E-state index in [0.29, 0.717) is 23.6 Å². The van der Waals surface area contributed by atoms with E-state index in [2.05, 4.69) is 26.1 Å². The van der Waals surface area contributed by atoms with E-state index in [1.807, 2.05) is 11.0 Å². The number of benzene rings is 2. The van der Waals surface area contributed by atoms with Crippen molar-refractivity contribution in [2.24, 2.45) is 17.1 Å². The number of hydroxylamine groups is 2. The summed E-state index contributed by atoms with van der Waals surface area (Å²) in [5.41, 5.74) is 6.80. The second-order valence-corrected chi connectivity index (χ2v) is 16.7. The van der Waals surface area contributed by atoms with Crippen molar-refractivity contribution in [3.8, 4) is 11.8 Å². The summed E-state index contributed by atoms with van der Waals surface area (Å²) in [4.78, 5) is 58.7. The Morgan fingerprint density at radius 2 is 1.60 bits per heavy atom. The third kappa shape index (κ3) is 7.59. The van der Waals surface area contributed by atoms with E-state index in [9.17, 15) is 14.4 Å². The molecule has 5 fully saturated rings. The van der Waals surface area contributed by atoms with Crippen LogP contribution in [0.2, 0.25) is 0 Å². The fourth-order valence-electron chi connectivity index (χ4n) is 9.56. The lowest BCUT2D eigenvalue weighted by atomic mass is 9.71. The molecule has 58 heavy (non-hydrogen) atoms. The Morgan fingerprint density at radius 1 is 0.897 bits per heavy atom. The fourth-order valence-corrected chi connectivity index (χ4v) is 9.56. The van der Waals surface area contributed by atoms with Crippen LogP contribution < -0.4 is 20.3 Å². The average molecular weight is 794 g/mol. The van der Waals surface area contributed by atoms with Gasteiger partial charge in [0.15, 0.2) is 17.7 Å². The molecule has 1 atom stereocenters. The quantitative estimate of drug-likeness (QED) is 0.305. The van der Waals surface area contributed by atoms with Crippen LogP contribution in [0.15, 0.2) is 48.5 Å². The highest BCUT2D eigenvalue weighted by atomic mass is 19.1. The van der Waals surface area contributed by atoms with Crippen LogP contribution in [0.25, 0.3) is 0 Å². The highest BCUT2D eigenvalue weighted by molar-refractivity contribution is 6.22. The van der Waals surface area contributed by atoms with Gasteiger partial charge in [-0.05, 0) is 119 Å². The number of amides is 3. The zero-order valence-corrected chi connectivity index (χ0v) is 32.4. The first kappa shape index (κ1) is 38.3. The van der Waals surface area contributed by atoms with Crippen molar-refractivity contribution in [3.05, 3.63) is 76.7 Å². The van der Waals surface area contributed by atoms with E-state index in [1.165, 1.54) is 11.3 Å². The van der Waals surface area contributed by atoms with Gasteiger partial charge in [-0.2, -0.15) is 5.26 Å². The van der Waals surface area contributed by atoms with Gasteiger partial charge >= 0.3 is 0 Å². The van der Waals surface area contributed by atoms with Crippen LogP contribution in [0.5, 0.6) is 5.75 Å². The number of ether oxygens (including phenoxy) is 1. The molecule has 1 aliphatic carbocycles. The molecule has 2 aromatic carbocycles. The Hall–Kier alpha value is -5.21. The minimum Gasteiger partial charge on any atom is -0.490 e. The van der Waals surface area contributed by atoms with Crippen molar-refractivity contribution in [1.82, 2.24) is 25.2 Å². The first-order chi connectivity index (χ1) is 28.1. The zero-order chi connectivity index (χ0) is 40.0. The molecular formula is C42H48FN9O6. The van der Waals surface area contributed by atoms with Gasteiger partial charge in [0.1, 0.15) is 11.6 Å². The number of likely N-dealkylation sites (tertiary alicyclic amines) is 1. The fraction of sp³-hybridized carbons (Fsp3) is 0.524. The number of nitriles is 1. The van der Waals surface area contributed by atoms with Crippen LogP contribution in [0, 0.1) is 28.5 Å². The van der Waals surface area contributed by atoms with Gasteiger partial charge in [0.05, 0.1) is 47.2 Å². The highest BCUT2D eigenvalue weighted by Gasteiger charge is 2.48. The van der Waals surface area contributed by atoms with Gasteiger partial charge in [-0.1, -0.05) is 5.23 Å². The molecule has 0 bridgehead atoms. The van der Waals surface area contributed by atoms with Gasteiger partial charge in [0.2, 0.25) is 0 Å². The third-order valence-electron chi connectivity index (χ3n) is 13.0. The molecule has 9 rings (SSSR count). The Bertz CT molecular complexity index is 2070. The van der Waals surface area contributed by atoms with Crippen LogP contribution in [0.3, 0.4) is 0 Å². The van der Waals surface area contributed by atoms with Gasteiger partial charge in [-0.3, -0.25) is 19.2 Å². The van der Waals surface area contributed by atoms with E-state index in [-0.39, 0.29) is 41.0 Å². The van der Waals surface area contributed by atoms with Crippen molar-refractivity contribution < 1.29 is 33.2 Å². The lowest BCUT2D eigenvalue weighted by molar-refractivity contribution is -0.443. The molecule has 0 radical (unpaired) electrons. The molecule has 1 spiro atoms. The topological polar surface area (TPSA) is 171 Å². The number of fused-ring (bicyclic) bond motifs is 1. The van der Waals surface area contributed by atoms with Crippen molar-refractivity contribution >= 4 is 29.2 Å². The number of carbonyl (C=O) groups excluding carboxylic acids is 3. The molecule has 15 nitrogen and oxygen atoms in total. The van der Waals surface area contributed by atoms with Crippen LogP contribution in [-0.2, 0) is 9.68 Å². The monoisotopic (exact) mass is 793 g/mol. The second kappa shape index (κ2) is 15.9. The second-order valence-electron chi connectivity index (χ2n) is 16.7. The van der Waals surface area contributed by atoms with Crippen LogP contribution >= 0.6 is 0 Å². The Balaban J connectivity index is 0.746. The van der Waals surface area contributed by atoms with Gasteiger partial charge in [-0.25, -0.2) is 14.1 Å². The van der Waals surface area contributed by atoms with Crippen molar-refractivity contribution in [2.45, 2.75) is 76.2 Å². The number of imide groups is 1. The molecule has 16 heteroatoms. The smallest absolute Gasteiger partial charge is 0.269 e. The molecule has 3 aromatic rings. The summed E-state index contributed by atoms with van der Waals surface area (Å²) >= 11 is 0. The molecule has 6 aliphatic rings. The minimum absolute atomic E-state index is 0.0133.